The van der Waals surface area contributed by atoms with Crippen LogP contribution in [0.2, 0.25) is 0 Å². The van der Waals surface area contributed by atoms with E-state index >= 15 is 0 Å². The Morgan fingerprint density at radius 2 is 2.46 bits per heavy atom. The third-order valence-electron chi connectivity index (χ3n) is 1.85. The molecule has 0 amide bonds. The average Bonchev–Trinajstić information content (AvgIpc) is 2.48. The molecule has 0 aliphatic carbocycles. The molecule has 13 heavy (non-hydrogen) atoms. The van der Waals surface area contributed by atoms with Crippen LogP contribution in [0.1, 0.15) is 25.6 Å². The van der Waals surface area contributed by atoms with Crippen molar-refractivity contribution in [3.05, 3.63) is 18.2 Å². The Bertz CT molecular complexity index is 288. The summed E-state index contributed by atoms with van der Waals surface area (Å²) in [5, 5.41) is 0. The van der Waals surface area contributed by atoms with Crippen LogP contribution >= 0.6 is 0 Å². The Hall–Kier alpha value is -1.32. The van der Waals surface area contributed by atoms with Gasteiger partial charge in [0.15, 0.2) is 0 Å². The molecule has 0 saturated carbocycles. The van der Waals surface area contributed by atoms with Crippen LogP contribution < -0.4 is 5.73 Å². The SMILES string of the molecule is CCCC(N)=NCc1nccn1C. The van der Waals surface area contributed by atoms with Crippen molar-refractivity contribution in [1.29, 1.82) is 0 Å². The number of nitrogens with two attached hydrogens (primary N) is 1. The lowest BCUT2D eigenvalue weighted by molar-refractivity contribution is 0.790. The van der Waals surface area contributed by atoms with Crippen molar-refractivity contribution in [3.63, 3.8) is 0 Å². The molecule has 0 aromatic carbocycles. The number of amidine groups is 1. The van der Waals surface area contributed by atoms with E-state index in [0.717, 1.165) is 18.7 Å². The smallest absolute Gasteiger partial charge is 0.130 e. The number of aryl methyl sites for hydroxylation is 1. The molecule has 0 aliphatic heterocycles. The van der Waals surface area contributed by atoms with Crippen LogP contribution in [0.3, 0.4) is 0 Å². The summed E-state index contributed by atoms with van der Waals surface area (Å²) < 4.78 is 1.95. The van der Waals surface area contributed by atoms with E-state index in [4.69, 9.17) is 5.73 Å². The zero-order valence-corrected chi connectivity index (χ0v) is 8.20. The van der Waals surface area contributed by atoms with Gasteiger partial charge in [0.2, 0.25) is 0 Å². The molecule has 0 radical (unpaired) electrons. The van der Waals surface area contributed by atoms with Crippen LogP contribution in [0.25, 0.3) is 0 Å². The summed E-state index contributed by atoms with van der Waals surface area (Å²) in [7, 11) is 1.95. The van der Waals surface area contributed by atoms with E-state index in [1.165, 1.54) is 0 Å². The minimum Gasteiger partial charge on any atom is -0.387 e. The minimum absolute atomic E-state index is 0.579. The molecule has 4 nitrogen and oxygen atoms in total. The zero-order chi connectivity index (χ0) is 9.68. The number of aliphatic imine (C=N–C) groups is 1. The van der Waals surface area contributed by atoms with Gasteiger partial charge in [-0.05, 0) is 6.42 Å². The summed E-state index contributed by atoms with van der Waals surface area (Å²) in [4.78, 5) is 8.38. The van der Waals surface area contributed by atoms with E-state index in [0.29, 0.717) is 12.4 Å². The van der Waals surface area contributed by atoms with Gasteiger partial charge >= 0.3 is 0 Å². The van der Waals surface area contributed by atoms with Gasteiger partial charge in [-0.25, -0.2) is 4.98 Å². The van der Waals surface area contributed by atoms with Gasteiger partial charge in [0.1, 0.15) is 5.82 Å². The molecular formula is C9H16N4. The van der Waals surface area contributed by atoms with Crippen molar-refractivity contribution in [2.24, 2.45) is 17.8 Å². The van der Waals surface area contributed by atoms with Gasteiger partial charge in [0, 0.05) is 25.9 Å². The van der Waals surface area contributed by atoms with Crippen LogP contribution in [0, 0.1) is 0 Å². The van der Waals surface area contributed by atoms with Crippen LogP contribution in [0.4, 0.5) is 0 Å². The lowest BCUT2D eigenvalue weighted by atomic mass is 10.3. The summed E-state index contributed by atoms with van der Waals surface area (Å²) in [6.07, 6.45) is 5.57. The Labute approximate surface area is 78.5 Å². The van der Waals surface area contributed by atoms with E-state index in [1.54, 1.807) is 6.20 Å². The van der Waals surface area contributed by atoms with Crippen molar-refractivity contribution in [3.8, 4) is 0 Å². The molecule has 1 aromatic rings. The van der Waals surface area contributed by atoms with Crippen molar-refractivity contribution >= 4 is 5.84 Å². The minimum atomic E-state index is 0.579. The van der Waals surface area contributed by atoms with Gasteiger partial charge in [-0.1, -0.05) is 6.92 Å². The van der Waals surface area contributed by atoms with Crippen molar-refractivity contribution in [2.75, 3.05) is 0 Å². The maximum Gasteiger partial charge on any atom is 0.130 e. The molecule has 0 bridgehead atoms. The lowest BCUT2D eigenvalue weighted by Gasteiger charge is -1.99. The third kappa shape index (κ3) is 2.89. The third-order valence-corrected chi connectivity index (χ3v) is 1.85. The zero-order valence-electron chi connectivity index (χ0n) is 8.20. The Kier molecular flexibility index (Phi) is 3.49. The van der Waals surface area contributed by atoms with Crippen LogP contribution in [-0.4, -0.2) is 15.4 Å². The molecule has 0 aliphatic rings. The molecular weight excluding hydrogens is 164 g/mol. The highest BCUT2D eigenvalue weighted by atomic mass is 15.1. The molecule has 72 valence electrons. The largest absolute Gasteiger partial charge is 0.387 e. The second kappa shape index (κ2) is 4.64. The van der Waals surface area contributed by atoms with Gasteiger partial charge in [0.25, 0.3) is 0 Å². The van der Waals surface area contributed by atoms with E-state index in [9.17, 15) is 0 Å². The van der Waals surface area contributed by atoms with Gasteiger partial charge < -0.3 is 10.3 Å². The fraction of sp³-hybridized carbons (Fsp3) is 0.556. The molecule has 0 atom stereocenters. The number of hydrogen-bond donors (Lipinski definition) is 1. The van der Waals surface area contributed by atoms with E-state index in [-0.39, 0.29) is 0 Å². The van der Waals surface area contributed by atoms with E-state index < -0.39 is 0 Å². The Balaban J connectivity index is 2.51. The second-order valence-corrected chi connectivity index (χ2v) is 3.01. The molecule has 0 saturated heterocycles. The van der Waals surface area contributed by atoms with E-state index in [1.807, 2.05) is 17.8 Å². The summed E-state index contributed by atoms with van der Waals surface area (Å²) in [5.74, 6) is 1.66. The number of nitrogens with zero attached hydrogens (tertiary/aromatic N) is 3. The first-order chi connectivity index (χ1) is 6.24. The van der Waals surface area contributed by atoms with Crippen LogP contribution in [0.5, 0.6) is 0 Å². The normalized spacial score (nSPS) is 12.0. The summed E-state index contributed by atoms with van der Waals surface area (Å²) in [6, 6.07) is 0. The molecule has 0 fully saturated rings. The monoisotopic (exact) mass is 180 g/mol. The summed E-state index contributed by atoms with van der Waals surface area (Å²) in [5.41, 5.74) is 5.66. The second-order valence-electron chi connectivity index (χ2n) is 3.01. The molecule has 0 spiro atoms. The van der Waals surface area contributed by atoms with Crippen LogP contribution in [-0.2, 0) is 13.6 Å². The van der Waals surface area contributed by atoms with Gasteiger partial charge in [-0.3, -0.25) is 4.99 Å². The fourth-order valence-electron chi connectivity index (χ4n) is 1.06. The van der Waals surface area contributed by atoms with E-state index in [2.05, 4.69) is 16.9 Å². The molecule has 1 rings (SSSR count). The van der Waals surface area contributed by atoms with Crippen molar-refractivity contribution in [1.82, 2.24) is 9.55 Å². The quantitative estimate of drug-likeness (QED) is 0.556. The van der Waals surface area contributed by atoms with Crippen LogP contribution in [0.15, 0.2) is 17.4 Å². The highest BCUT2D eigenvalue weighted by Crippen LogP contribution is 1.97. The maximum absolute atomic E-state index is 5.66. The Morgan fingerprint density at radius 1 is 1.69 bits per heavy atom. The first kappa shape index (κ1) is 9.77. The molecule has 4 heteroatoms. The molecule has 0 unspecified atom stereocenters. The number of rotatable bonds is 4. The van der Waals surface area contributed by atoms with Crippen molar-refractivity contribution in [2.45, 2.75) is 26.3 Å². The molecule has 2 N–H and O–H groups in total. The average molecular weight is 180 g/mol. The van der Waals surface area contributed by atoms with Crippen molar-refractivity contribution < 1.29 is 0 Å². The highest BCUT2D eigenvalue weighted by molar-refractivity contribution is 5.80. The Morgan fingerprint density at radius 3 is 3.00 bits per heavy atom. The first-order valence-corrected chi connectivity index (χ1v) is 4.49. The first-order valence-electron chi connectivity index (χ1n) is 4.49. The summed E-state index contributed by atoms with van der Waals surface area (Å²) >= 11 is 0. The predicted octanol–water partition coefficient (Wildman–Crippen LogP) is 1.08. The summed E-state index contributed by atoms with van der Waals surface area (Å²) in [6.45, 7) is 2.67. The van der Waals surface area contributed by atoms with Gasteiger partial charge in [-0.15, -0.1) is 0 Å². The topological polar surface area (TPSA) is 56.2 Å². The van der Waals surface area contributed by atoms with Gasteiger partial charge in [-0.2, -0.15) is 0 Å². The van der Waals surface area contributed by atoms with Gasteiger partial charge in [0.05, 0.1) is 12.4 Å². The highest BCUT2D eigenvalue weighted by Gasteiger charge is 1.97. The number of imidazole rings is 1. The molecule has 1 heterocycles. The lowest BCUT2D eigenvalue weighted by Crippen LogP contribution is -2.11. The predicted molar refractivity (Wildman–Crippen MR) is 53.4 cm³/mol. The number of aromatic nitrogens is 2. The standard InChI is InChI=1S/C9H16N4/c1-3-4-8(10)12-7-9-11-5-6-13(9)2/h5-6H,3-4,7H2,1-2H3,(H2,10,12). The molecule has 1 aromatic heterocycles. The fourth-order valence-corrected chi connectivity index (χ4v) is 1.06. The maximum atomic E-state index is 5.66. The number of hydrogen-bond acceptors (Lipinski definition) is 2.